The fraction of sp³-hybridized carbons (Fsp3) is 0.568. The SMILES string of the molecule is CC=CCCC1CCC(c2ccc(CCOC(F)(F)c3ccc(C4CCC(CCC=CC)CC4)cc3)cc2)CC1. The van der Waals surface area contributed by atoms with E-state index in [4.69, 9.17) is 4.74 Å². The van der Waals surface area contributed by atoms with Gasteiger partial charge in [0.1, 0.15) is 0 Å². The van der Waals surface area contributed by atoms with Gasteiger partial charge in [0.2, 0.25) is 0 Å². The lowest BCUT2D eigenvalue weighted by atomic mass is 9.77. The highest BCUT2D eigenvalue weighted by molar-refractivity contribution is 5.28. The zero-order chi connectivity index (χ0) is 28.2. The van der Waals surface area contributed by atoms with Gasteiger partial charge in [-0.1, -0.05) is 72.8 Å². The van der Waals surface area contributed by atoms with Crippen molar-refractivity contribution in [3.8, 4) is 0 Å². The van der Waals surface area contributed by atoms with Crippen molar-refractivity contribution in [1.29, 1.82) is 0 Å². The van der Waals surface area contributed by atoms with Crippen molar-refractivity contribution in [2.75, 3.05) is 6.61 Å². The Balaban J connectivity index is 1.19. The molecule has 0 aliphatic heterocycles. The summed E-state index contributed by atoms with van der Waals surface area (Å²) in [4.78, 5) is 0. The molecule has 2 aromatic carbocycles. The van der Waals surface area contributed by atoms with E-state index in [2.05, 4.69) is 62.4 Å². The zero-order valence-corrected chi connectivity index (χ0v) is 24.8. The van der Waals surface area contributed by atoms with Crippen LogP contribution in [0.3, 0.4) is 0 Å². The normalized spacial score (nSPS) is 24.2. The summed E-state index contributed by atoms with van der Waals surface area (Å²) in [5.41, 5.74) is 3.59. The molecule has 0 N–H and O–H groups in total. The number of allylic oxidation sites excluding steroid dienone is 4. The monoisotopic (exact) mass is 548 g/mol. The van der Waals surface area contributed by atoms with Crippen molar-refractivity contribution < 1.29 is 13.5 Å². The largest absolute Gasteiger partial charge is 0.383 e. The molecule has 4 rings (SSSR count). The molecule has 0 atom stereocenters. The summed E-state index contributed by atoms with van der Waals surface area (Å²) in [7, 11) is 0. The van der Waals surface area contributed by atoms with Crippen molar-refractivity contribution in [3.63, 3.8) is 0 Å². The highest BCUT2D eigenvalue weighted by Gasteiger charge is 2.33. The number of benzene rings is 2. The Morgan fingerprint density at radius 1 is 0.675 bits per heavy atom. The van der Waals surface area contributed by atoms with Crippen LogP contribution in [0.4, 0.5) is 8.78 Å². The van der Waals surface area contributed by atoms with Crippen molar-refractivity contribution in [1.82, 2.24) is 0 Å². The number of halogens is 2. The Bertz CT molecular complexity index is 1040. The first-order valence-corrected chi connectivity index (χ1v) is 15.9. The molecule has 218 valence electrons. The van der Waals surface area contributed by atoms with Crippen molar-refractivity contribution >= 4 is 0 Å². The number of rotatable bonds is 13. The van der Waals surface area contributed by atoms with Crippen LogP contribution in [0.15, 0.2) is 72.8 Å². The minimum Gasteiger partial charge on any atom is -0.316 e. The van der Waals surface area contributed by atoms with E-state index in [1.54, 1.807) is 12.1 Å². The van der Waals surface area contributed by atoms with Crippen LogP contribution < -0.4 is 0 Å². The minimum atomic E-state index is -3.27. The van der Waals surface area contributed by atoms with Crippen LogP contribution in [0.1, 0.15) is 125 Å². The molecule has 0 aromatic heterocycles. The van der Waals surface area contributed by atoms with Gasteiger partial charge in [0, 0.05) is 0 Å². The minimum absolute atomic E-state index is 0.00263. The van der Waals surface area contributed by atoms with Crippen molar-refractivity contribution in [2.45, 2.75) is 115 Å². The molecule has 2 aromatic rings. The van der Waals surface area contributed by atoms with Crippen LogP contribution in [-0.4, -0.2) is 6.61 Å². The quantitative estimate of drug-likeness (QED) is 0.226. The van der Waals surface area contributed by atoms with E-state index in [0.717, 1.165) is 30.2 Å². The zero-order valence-electron chi connectivity index (χ0n) is 24.8. The molecule has 1 nitrogen and oxygen atoms in total. The van der Waals surface area contributed by atoms with E-state index in [0.29, 0.717) is 18.3 Å². The maximum absolute atomic E-state index is 14.8. The highest BCUT2D eigenvalue weighted by atomic mass is 19.3. The maximum atomic E-state index is 14.8. The maximum Gasteiger partial charge on any atom is 0.383 e. The Labute approximate surface area is 242 Å². The van der Waals surface area contributed by atoms with Gasteiger partial charge in [-0.15, -0.1) is 0 Å². The third-order valence-corrected chi connectivity index (χ3v) is 9.49. The van der Waals surface area contributed by atoms with Crippen LogP contribution in [0.5, 0.6) is 0 Å². The number of alkyl halides is 2. The number of hydrogen-bond donors (Lipinski definition) is 0. The highest BCUT2D eigenvalue weighted by Crippen LogP contribution is 2.39. The van der Waals surface area contributed by atoms with Crippen LogP contribution in [0, 0.1) is 11.8 Å². The molecule has 0 unspecified atom stereocenters. The summed E-state index contributed by atoms with van der Waals surface area (Å²) in [6.07, 6.45) is 20.9. The van der Waals surface area contributed by atoms with Crippen LogP contribution in [-0.2, 0) is 17.3 Å². The lowest BCUT2D eigenvalue weighted by molar-refractivity contribution is -0.248. The van der Waals surface area contributed by atoms with Gasteiger partial charge in [-0.3, -0.25) is 0 Å². The van der Waals surface area contributed by atoms with Crippen molar-refractivity contribution in [3.05, 3.63) is 95.1 Å². The van der Waals surface area contributed by atoms with Crippen LogP contribution in [0.2, 0.25) is 0 Å². The second kappa shape index (κ2) is 15.7. The Kier molecular flexibility index (Phi) is 12.0. The van der Waals surface area contributed by atoms with Gasteiger partial charge in [0.25, 0.3) is 0 Å². The molecule has 0 heterocycles. The average Bonchev–Trinajstić information content (AvgIpc) is 2.99. The fourth-order valence-electron chi connectivity index (χ4n) is 6.85. The second-order valence-corrected chi connectivity index (χ2v) is 12.2. The Morgan fingerprint density at radius 2 is 1.12 bits per heavy atom. The molecule has 2 saturated carbocycles. The molecule has 0 amide bonds. The summed E-state index contributed by atoms with van der Waals surface area (Å²) in [6.45, 7) is 4.17. The van der Waals surface area contributed by atoms with Gasteiger partial charge < -0.3 is 4.74 Å². The first-order valence-electron chi connectivity index (χ1n) is 15.9. The molecule has 40 heavy (non-hydrogen) atoms. The van der Waals surface area contributed by atoms with Crippen molar-refractivity contribution in [2.24, 2.45) is 11.8 Å². The molecule has 3 heteroatoms. The third kappa shape index (κ3) is 9.13. The summed E-state index contributed by atoms with van der Waals surface area (Å²) in [5.74, 6) is 2.79. The molecular weight excluding hydrogens is 498 g/mol. The van der Waals surface area contributed by atoms with Gasteiger partial charge in [-0.25, -0.2) is 0 Å². The van der Waals surface area contributed by atoms with Gasteiger partial charge in [-0.2, -0.15) is 8.78 Å². The third-order valence-electron chi connectivity index (χ3n) is 9.49. The predicted molar refractivity (Wildman–Crippen MR) is 164 cm³/mol. The average molecular weight is 549 g/mol. The molecule has 0 bridgehead atoms. The molecule has 2 aliphatic carbocycles. The molecule has 0 saturated heterocycles. The molecule has 2 fully saturated rings. The first kappa shape index (κ1) is 30.7. The fourth-order valence-corrected chi connectivity index (χ4v) is 6.85. The van der Waals surface area contributed by atoms with E-state index in [9.17, 15) is 8.78 Å². The topological polar surface area (TPSA) is 9.23 Å². The van der Waals surface area contributed by atoms with Gasteiger partial charge in [-0.05, 0) is 138 Å². The Morgan fingerprint density at radius 3 is 1.57 bits per heavy atom. The lowest BCUT2D eigenvalue weighted by Crippen LogP contribution is -2.20. The number of ether oxygens (including phenoxy) is 1. The predicted octanol–water partition coefficient (Wildman–Crippen LogP) is 11.3. The van der Waals surface area contributed by atoms with Gasteiger partial charge in [0.15, 0.2) is 0 Å². The molecule has 0 radical (unpaired) electrons. The molecular formula is C37H50F2O. The van der Waals surface area contributed by atoms with Gasteiger partial charge >= 0.3 is 6.11 Å². The standard InChI is InChI=1S/C37H50F2O/c1-3-5-7-9-29-11-17-32(18-12-29)33-21-15-31(16-22-33)27-28-40-37(38,39)36-25-23-35(24-26-36)34-19-13-30(14-20-34)10-8-6-4-2/h3-6,15-16,21-26,29-30,32,34H,7-14,17-20,27-28H2,1-2H3. The van der Waals surface area contributed by atoms with E-state index in [1.165, 1.54) is 75.3 Å². The number of hydrogen-bond acceptors (Lipinski definition) is 1. The Hall–Kier alpha value is -2.26. The first-order chi connectivity index (χ1) is 19.5. The summed E-state index contributed by atoms with van der Waals surface area (Å²) in [6, 6.07) is 15.5. The molecule has 0 spiro atoms. The molecule has 2 aliphatic rings. The lowest BCUT2D eigenvalue weighted by Gasteiger charge is -2.29. The van der Waals surface area contributed by atoms with E-state index < -0.39 is 6.11 Å². The van der Waals surface area contributed by atoms with E-state index in [1.807, 2.05) is 12.1 Å². The van der Waals surface area contributed by atoms with E-state index in [-0.39, 0.29) is 12.2 Å². The summed E-state index contributed by atoms with van der Waals surface area (Å²) < 4.78 is 34.8. The van der Waals surface area contributed by atoms with E-state index >= 15 is 0 Å². The van der Waals surface area contributed by atoms with Crippen LogP contribution in [0.25, 0.3) is 0 Å². The summed E-state index contributed by atoms with van der Waals surface area (Å²) >= 11 is 0. The van der Waals surface area contributed by atoms with Crippen LogP contribution >= 0.6 is 0 Å². The van der Waals surface area contributed by atoms with Gasteiger partial charge in [0.05, 0.1) is 12.2 Å². The summed E-state index contributed by atoms with van der Waals surface area (Å²) in [5, 5.41) is 0. The second-order valence-electron chi connectivity index (χ2n) is 12.2. The smallest absolute Gasteiger partial charge is 0.316 e.